The van der Waals surface area contributed by atoms with Gasteiger partial charge in [0.05, 0.1) is 0 Å². The van der Waals surface area contributed by atoms with Gasteiger partial charge >= 0.3 is 0 Å². The molecule has 80 valence electrons. The van der Waals surface area contributed by atoms with Crippen LogP contribution >= 0.6 is 0 Å². The van der Waals surface area contributed by atoms with E-state index in [1.165, 1.54) is 5.57 Å². The number of nitrogens with zero attached hydrogens (tertiary/aromatic N) is 1. The summed E-state index contributed by atoms with van der Waals surface area (Å²) in [5.74, 6) is 0. The SMILES string of the molecule is C=N/C=C\C=C(/C)CNCCCCN. The average molecular weight is 195 g/mol. The molecule has 0 unspecified atom stereocenters. The lowest BCUT2D eigenvalue weighted by atomic mass is 10.2. The fourth-order valence-corrected chi connectivity index (χ4v) is 1.01. The number of aliphatic imine (C=N–C) groups is 1. The van der Waals surface area contributed by atoms with Crippen molar-refractivity contribution < 1.29 is 0 Å². The van der Waals surface area contributed by atoms with Crippen LogP contribution in [0.15, 0.2) is 28.9 Å². The van der Waals surface area contributed by atoms with Gasteiger partial charge in [-0.25, -0.2) is 0 Å². The van der Waals surface area contributed by atoms with Gasteiger partial charge < -0.3 is 11.1 Å². The Morgan fingerprint density at radius 2 is 2.29 bits per heavy atom. The first-order valence-corrected chi connectivity index (χ1v) is 5.00. The normalized spacial score (nSPS) is 12.3. The molecule has 3 nitrogen and oxygen atoms in total. The Hall–Kier alpha value is -0.930. The van der Waals surface area contributed by atoms with Crippen LogP contribution in [0.3, 0.4) is 0 Å². The smallest absolute Gasteiger partial charge is 0.0260 e. The van der Waals surface area contributed by atoms with Gasteiger partial charge in [-0.1, -0.05) is 11.6 Å². The van der Waals surface area contributed by atoms with Crippen molar-refractivity contribution in [3.05, 3.63) is 23.9 Å². The zero-order valence-corrected chi connectivity index (χ0v) is 9.00. The summed E-state index contributed by atoms with van der Waals surface area (Å²) >= 11 is 0. The van der Waals surface area contributed by atoms with Crippen LogP contribution in [0, 0.1) is 0 Å². The van der Waals surface area contributed by atoms with Crippen molar-refractivity contribution in [1.82, 2.24) is 5.32 Å². The van der Waals surface area contributed by atoms with Gasteiger partial charge in [-0.15, -0.1) is 0 Å². The van der Waals surface area contributed by atoms with Gasteiger partial charge in [-0.2, -0.15) is 0 Å². The largest absolute Gasteiger partial charge is 0.330 e. The number of rotatable bonds is 8. The van der Waals surface area contributed by atoms with Crippen molar-refractivity contribution in [2.24, 2.45) is 10.7 Å². The van der Waals surface area contributed by atoms with Crippen LogP contribution in [0.4, 0.5) is 0 Å². The monoisotopic (exact) mass is 195 g/mol. The summed E-state index contributed by atoms with van der Waals surface area (Å²) in [6, 6.07) is 0. The summed E-state index contributed by atoms with van der Waals surface area (Å²) in [5.41, 5.74) is 6.68. The Morgan fingerprint density at radius 1 is 1.50 bits per heavy atom. The highest BCUT2D eigenvalue weighted by Gasteiger charge is 1.88. The van der Waals surface area contributed by atoms with Crippen LogP contribution in [0.2, 0.25) is 0 Å². The third-order valence-electron chi connectivity index (χ3n) is 1.78. The highest BCUT2D eigenvalue weighted by atomic mass is 14.8. The van der Waals surface area contributed by atoms with Gasteiger partial charge in [0.15, 0.2) is 0 Å². The zero-order chi connectivity index (χ0) is 10.6. The van der Waals surface area contributed by atoms with E-state index in [1.807, 2.05) is 12.2 Å². The minimum Gasteiger partial charge on any atom is -0.330 e. The molecule has 0 bridgehead atoms. The Balaban J connectivity index is 3.43. The second-order valence-electron chi connectivity index (χ2n) is 3.21. The van der Waals surface area contributed by atoms with Gasteiger partial charge in [-0.3, -0.25) is 4.99 Å². The number of allylic oxidation sites excluding steroid dienone is 2. The molecule has 0 saturated heterocycles. The van der Waals surface area contributed by atoms with Crippen molar-refractivity contribution in [3.63, 3.8) is 0 Å². The zero-order valence-electron chi connectivity index (χ0n) is 9.00. The lowest BCUT2D eigenvalue weighted by molar-refractivity contribution is 0.653. The topological polar surface area (TPSA) is 50.4 Å². The maximum atomic E-state index is 5.39. The Kier molecular flexibility index (Phi) is 9.48. The Bertz CT molecular complexity index is 195. The third-order valence-corrected chi connectivity index (χ3v) is 1.78. The molecule has 0 rings (SSSR count). The quantitative estimate of drug-likeness (QED) is 0.350. The van der Waals surface area contributed by atoms with E-state index in [4.69, 9.17) is 5.73 Å². The first kappa shape index (κ1) is 13.1. The number of nitrogens with two attached hydrogens (primary N) is 1. The standard InChI is InChI=1S/C11H21N3/c1-11(6-5-8-13-2)10-14-9-4-3-7-12/h5-6,8,14H,2-4,7,9-10,12H2,1H3/b8-5-,11-6+. The van der Waals surface area contributed by atoms with Gasteiger partial charge in [-0.05, 0) is 45.6 Å². The van der Waals surface area contributed by atoms with E-state index in [1.54, 1.807) is 6.20 Å². The van der Waals surface area contributed by atoms with Crippen molar-refractivity contribution in [1.29, 1.82) is 0 Å². The van der Waals surface area contributed by atoms with Crippen LogP contribution in [-0.4, -0.2) is 26.4 Å². The molecule has 0 aliphatic rings. The molecular weight excluding hydrogens is 174 g/mol. The van der Waals surface area contributed by atoms with Gasteiger partial charge in [0.2, 0.25) is 0 Å². The predicted octanol–water partition coefficient (Wildman–Crippen LogP) is 1.48. The van der Waals surface area contributed by atoms with E-state index in [9.17, 15) is 0 Å². The molecule has 0 saturated carbocycles. The second kappa shape index (κ2) is 10.2. The molecule has 0 amide bonds. The summed E-state index contributed by atoms with van der Waals surface area (Å²) in [7, 11) is 0. The van der Waals surface area contributed by atoms with E-state index in [0.717, 1.165) is 32.5 Å². The maximum absolute atomic E-state index is 5.39. The van der Waals surface area contributed by atoms with Gasteiger partial charge in [0.25, 0.3) is 0 Å². The molecule has 3 N–H and O–H groups in total. The summed E-state index contributed by atoms with van der Waals surface area (Å²) in [5, 5.41) is 3.34. The maximum Gasteiger partial charge on any atom is 0.0260 e. The number of hydrogen-bond donors (Lipinski definition) is 2. The van der Waals surface area contributed by atoms with Crippen molar-refractivity contribution in [2.75, 3.05) is 19.6 Å². The van der Waals surface area contributed by atoms with Crippen LogP contribution in [0.1, 0.15) is 19.8 Å². The summed E-state index contributed by atoms with van der Waals surface area (Å²) < 4.78 is 0. The first-order chi connectivity index (χ1) is 6.81. The van der Waals surface area contributed by atoms with Gasteiger partial charge in [0.1, 0.15) is 0 Å². The lowest BCUT2D eigenvalue weighted by Crippen LogP contribution is -2.18. The minimum absolute atomic E-state index is 0.782. The van der Waals surface area contributed by atoms with Crippen molar-refractivity contribution in [3.8, 4) is 0 Å². The summed E-state index contributed by atoms with van der Waals surface area (Å²) in [6.07, 6.45) is 7.84. The highest BCUT2D eigenvalue weighted by Crippen LogP contribution is 1.91. The molecule has 0 aromatic heterocycles. The number of nitrogens with one attached hydrogen (secondary N) is 1. The van der Waals surface area contributed by atoms with E-state index in [2.05, 4.69) is 24.0 Å². The molecule has 0 aliphatic heterocycles. The highest BCUT2D eigenvalue weighted by molar-refractivity contribution is 5.26. The van der Waals surface area contributed by atoms with Crippen LogP contribution in [0.5, 0.6) is 0 Å². The molecule has 0 atom stereocenters. The third kappa shape index (κ3) is 9.16. The molecule has 0 radical (unpaired) electrons. The molecule has 0 fully saturated rings. The van der Waals surface area contributed by atoms with Crippen LogP contribution < -0.4 is 11.1 Å². The fourth-order valence-electron chi connectivity index (χ4n) is 1.01. The van der Waals surface area contributed by atoms with E-state index >= 15 is 0 Å². The Morgan fingerprint density at radius 3 is 2.93 bits per heavy atom. The van der Waals surface area contributed by atoms with Gasteiger partial charge in [0, 0.05) is 12.7 Å². The van der Waals surface area contributed by atoms with E-state index in [0.29, 0.717) is 0 Å². The van der Waals surface area contributed by atoms with E-state index in [-0.39, 0.29) is 0 Å². The molecule has 0 heterocycles. The Labute approximate surface area is 86.8 Å². The molecule has 0 aromatic rings. The number of hydrogen-bond acceptors (Lipinski definition) is 3. The molecule has 3 heteroatoms. The molecule has 0 aromatic carbocycles. The lowest BCUT2D eigenvalue weighted by Gasteiger charge is -2.03. The van der Waals surface area contributed by atoms with Crippen molar-refractivity contribution in [2.45, 2.75) is 19.8 Å². The van der Waals surface area contributed by atoms with Crippen LogP contribution in [0.25, 0.3) is 0 Å². The number of unbranched alkanes of at least 4 members (excludes halogenated alkanes) is 1. The second-order valence-corrected chi connectivity index (χ2v) is 3.21. The van der Waals surface area contributed by atoms with Crippen LogP contribution in [-0.2, 0) is 0 Å². The molecule has 14 heavy (non-hydrogen) atoms. The molecule has 0 aliphatic carbocycles. The summed E-state index contributed by atoms with van der Waals surface area (Å²) in [6.45, 7) is 8.18. The fraction of sp³-hybridized carbons (Fsp3) is 0.545. The molecule has 0 spiro atoms. The first-order valence-electron chi connectivity index (χ1n) is 5.00. The van der Waals surface area contributed by atoms with E-state index < -0.39 is 0 Å². The predicted molar refractivity (Wildman–Crippen MR) is 63.6 cm³/mol. The minimum atomic E-state index is 0.782. The van der Waals surface area contributed by atoms with Crippen molar-refractivity contribution >= 4 is 6.72 Å². The average Bonchev–Trinajstić information content (AvgIpc) is 2.18. The molecular formula is C11H21N3. The summed E-state index contributed by atoms with van der Waals surface area (Å²) in [4.78, 5) is 3.62.